The topological polar surface area (TPSA) is 87.1 Å². The summed E-state index contributed by atoms with van der Waals surface area (Å²) in [6.07, 6.45) is 3.69. The van der Waals surface area contributed by atoms with Crippen molar-refractivity contribution in [2.45, 2.75) is 51.6 Å². The molecule has 0 bridgehead atoms. The molecule has 4 rings (SSSR count). The molecule has 2 fully saturated rings. The first-order valence-corrected chi connectivity index (χ1v) is 11.2. The first kappa shape index (κ1) is 21.9. The normalized spacial score (nSPS) is 21.0. The Bertz CT molecular complexity index is 1020. The molecule has 2 N–H and O–H groups in total. The van der Waals surface area contributed by atoms with E-state index in [-0.39, 0.29) is 23.1 Å². The number of aliphatic hydroxyl groups excluding tert-OH is 1. The third kappa shape index (κ3) is 4.22. The molecule has 2 aromatic carbocycles. The number of hydrogen-bond acceptors (Lipinski definition) is 5. The fourth-order valence-corrected chi connectivity index (χ4v) is 4.52. The predicted molar refractivity (Wildman–Crippen MR) is 121 cm³/mol. The summed E-state index contributed by atoms with van der Waals surface area (Å²) in [5.74, 6) is -0.279. The van der Waals surface area contributed by atoms with E-state index in [1.54, 1.807) is 41.3 Å². The van der Waals surface area contributed by atoms with Crippen molar-refractivity contribution < 1.29 is 24.5 Å². The second-order valence-corrected chi connectivity index (χ2v) is 8.97. The molecule has 32 heavy (non-hydrogen) atoms. The fourth-order valence-electron chi connectivity index (χ4n) is 4.52. The number of ether oxygens (including phenoxy) is 1. The number of likely N-dealkylation sites (tertiary alicyclic amines) is 1. The van der Waals surface area contributed by atoms with E-state index < -0.39 is 17.7 Å². The zero-order valence-corrected chi connectivity index (χ0v) is 18.5. The second-order valence-electron chi connectivity index (χ2n) is 8.97. The summed E-state index contributed by atoms with van der Waals surface area (Å²) < 4.78 is 5.70. The van der Waals surface area contributed by atoms with Crippen LogP contribution in [0.2, 0.25) is 0 Å². The maximum Gasteiger partial charge on any atom is 0.295 e. The molecule has 1 saturated heterocycles. The summed E-state index contributed by atoms with van der Waals surface area (Å²) >= 11 is 0. The highest BCUT2D eigenvalue weighted by atomic mass is 16.5. The molecule has 0 aromatic heterocycles. The molecular weight excluding hydrogens is 406 g/mol. The van der Waals surface area contributed by atoms with E-state index in [4.69, 9.17) is 4.74 Å². The number of ketones is 1. The molecule has 6 nitrogen and oxygen atoms in total. The SMILES string of the molecule is CC(C)COc1ccc(/C(O)=C2/C(=O)C(=O)N(C3CCCC3)C2c2ccc(O)cc2)cc1. The smallest absolute Gasteiger partial charge is 0.295 e. The van der Waals surface area contributed by atoms with Crippen molar-refractivity contribution in [1.82, 2.24) is 4.90 Å². The van der Waals surface area contributed by atoms with Gasteiger partial charge in [-0.25, -0.2) is 0 Å². The number of aromatic hydroxyl groups is 1. The molecule has 6 heteroatoms. The van der Waals surface area contributed by atoms with Gasteiger partial charge in [0.25, 0.3) is 11.7 Å². The van der Waals surface area contributed by atoms with Crippen LogP contribution in [-0.2, 0) is 9.59 Å². The van der Waals surface area contributed by atoms with Crippen molar-refractivity contribution in [2.75, 3.05) is 6.61 Å². The Balaban J connectivity index is 1.75. The van der Waals surface area contributed by atoms with Gasteiger partial charge in [-0.15, -0.1) is 0 Å². The van der Waals surface area contributed by atoms with E-state index in [0.717, 1.165) is 25.7 Å². The van der Waals surface area contributed by atoms with E-state index in [2.05, 4.69) is 13.8 Å². The predicted octanol–water partition coefficient (Wildman–Crippen LogP) is 4.79. The first-order chi connectivity index (χ1) is 15.4. The molecule has 0 radical (unpaired) electrons. The Morgan fingerprint density at radius 3 is 2.25 bits per heavy atom. The lowest BCUT2D eigenvalue weighted by Crippen LogP contribution is -2.37. The van der Waals surface area contributed by atoms with Crippen LogP contribution in [0.25, 0.3) is 5.76 Å². The Hall–Kier alpha value is -3.28. The molecule has 1 aliphatic carbocycles. The third-order valence-electron chi connectivity index (χ3n) is 6.12. The van der Waals surface area contributed by atoms with Crippen LogP contribution in [0.5, 0.6) is 11.5 Å². The van der Waals surface area contributed by atoms with Gasteiger partial charge in [0.05, 0.1) is 18.2 Å². The summed E-state index contributed by atoms with van der Waals surface area (Å²) in [5.41, 5.74) is 1.23. The van der Waals surface area contributed by atoms with Gasteiger partial charge in [0.15, 0.2) is 0 Å². The van der Waals surface area contributed by atoms with Crippen molar-refractivity contribution in [2.24, 2.45) is 5.92 Å². The van der Waals surface area contributed by atoms with E-state index in [1.807, 2.05) is 0 Å². The maximum atomic E-state index is 13.1. The average Bonchev–Trinajstić information content (AvgIpc) is 3.40. The number of phenols is 1. The van der Waals surface area contributed by atoms with Gasteiger partial charge in [-0.3, -0.25) is 9.59 Å². The standard InChI is InChI=1S/C26H29NO5/c1-16(2)15-32-21-13-9-18(10-14-21)24(29)22-23(17-7-11-20(28)12-8-17)27(26(31)25(22)30)19-5-3-4-6-19/h7-14,16,19,23,28-29H,3-6,15H2,1-2H3/b24-22-. The third-order valence-corrected chi connectivity index (χ3v) is 6.12. The van der Waals surface area contributed by atoms with Crippen molar-refractivity contribution >= 4 is 17.4 Å². The van der Waals surface area contributed by atoms with Gasteiger partial charge in [-0.2, -0.15) is 0 Å². The minimum absolute atomic E-state index is 0.0395. The number of aliphatic hydroxyl groups is 1. The minimum atomic E-state index is -0.685. The van der Waals surface area contributed by atoms with Gasteiger partial charge in [-0.1, -0.05) is 38.8 Å². The van der Waals surface area contributed by atoms with Crippen LogP contribution in [-0.4, -0.2) is 39.5 Å². The van der Waals surface area contributed by atoms with Gasteiger partial charge < -0.3 is 19.8 Å². The Labute approximate surface area is 188 Å². The fraction of sp³-hybridized carbons (Fsp3) is 0.385. The van der Waals surface area contributed by atoms with E-state index in [1.165, 1.54) is 12.1 Å². The maximum absolute atomic E-state index is 13.1. The molecule has 1 unspecified atom stereocenters. The number of carbonyl (C=O) groups is 2. The van der Waals surface area contributed by atoms with Crippen LogP contribution >= 0.6 is 0 Å². The molecule has 1 saturated carbocycles. The molecule has 1 heterocycles. The number of hydrogen-bond donors (Lipinski definition) is 2. The zero-order chi connectivity index (χ0) is 22.8. The van der Waals surface area contributed by atoms with Crippen molar-refractivity contribution in [3.63, 3.8) is 0 Å². The second kappa shape index (κ2) is 9.07. The van der Waals surface area contributed by atoms with Crippen LogP contribution in [0.15, 0.2) is 54.1 Å². The van der Waals surface area contributed by atoms with Gasteiger partial charge in [0, 0.05) is 11.6 Å². The van der Waals surface area contributed by atoms with E-state index in [9.17, 15) is 19.8 Å². The number of Topliss-reactive ketones (excluding diaryl/α,β-unsaturated/α-hetero) is 1. The Morgan fingerprint density at radius 1 is 1.03 bits per heavy atom. The molecule has 0 spiro atoms. The highest BCUT2D eigenvalue weighted by Gasteiger charge is 2.49. The molecule has 2 aromatic rings. The quantitative estimate of drug-likeness (QED) is 0.387. The number of rotatable bonds is 6. The van der Waals surface area contributed by atoms with Crippen molar-refractivity contribution in [3.05, 3.63) is 65.2 Å². The van der Waals surface area contributed by atoms with Gasteiger partial charge >= 0.3 is 0 Å². The number of carbonyl (C=O) groups excluding carboxylic acids is 2. The van der Waals surface area contributed by atoms with Gasteiger partial charge in [0.2, 0.25) is 0 Å². The Morgan fingerprint density at radius 2 is 1.66 bits per heavy atom. The van der Waals surface area contributed by atoms with Gasteiger partial charge in [-0.05, 0) is 60.7 Å². The summed E-state index contributed by atoms with van der Waals surface area (Å²) in [5, 5.41) is 20.9. The average molecular weight is 436 g/mol. The summed E-state index contributed by atoms with van der Waals surface area (Å²) in [6, 6.07) is 12.6. The largest absolute Gasteiger partial charge is 0.508 e. The zero-order valence-electron chi connectivity index (χ0n) is 18.5. The molecule has 168 valence electrons. The van der Waals surface area contributed by atoms with E-state index in [0.29, 0.717) is 29.4 Å². The minimum Gasteiger partial charge on any atom is -0.508 e. The van der Waals surface area contributed by atoms with Gasteiger partial charge in [0.1, 0.15) is 17.3 Å². The number of phenolic OH excluding ortho intramolecular Hbond substituents is 1. The lowest BCUT2D eigenvalue weighted by atomic mass is 9.94. The number of benzene rings is 2. The molecule has 1 amide bonds. The monoisotopic (exact) mass is 435 g/mol. The first-order valence-electron chi connectivity index (χ1n) is 11.2. The van der Waals surface area contributed by atoms with Crippen molar-refractivity contribution in [3.8, 4) is 11.5 Å². The molecule has 2 aliphatic rings. The Kier molecular flexibility index (Phi) is 6.21. The summed E-state index contributed by atoms with van der Waals surface area (Å²) in [4.78, 5) is 27.8. The highest BCUT2D eigenvalue weighted by molar-refractivity contribution is 6.46. The highest BCUT2D eigenvalue weighted by Crippen LogP contribution is 2.43. The molecule has 1 atom stereocenters. The lowest BCUT2D eigenvalue weighted by molar-refractivity contribution is -0.141. The van der Waals surface area contributed by atoms with Crippen LogP contribution in [0.3, 0.4) is 0 Å². The lowest BCUT2D eigenvalue weighted by Gasteiger charge is -2.30. The molecule has 1 aliphatic heterocycles. The van der Waals surface area contributed by atoms with Crippen molar-refractivity contribution in [1.29, 1.82) is 0 Å². The molecular formula is C26H29NO5. The summed E-state index contributed by atoms with van der Waals surface area (Å²) in [7, 11) is 0. The number of amides is 1. The number of nitrogens with zero attached hydrogens (tertiary/aromatic N) is 1. The van der Waals surface area contributed by atoms with Crippen LogP contribution in [0.1, 0.15) is 56.7 Å². The van der Waals surface area contributed by atoms with Crippen LogP contribution in [0.4, 0.5) is 0 Å². The van der Waals surface area contributed by atoms with Crippen LogP contribution < -0.4 is 4.74 Å². The van der Waals surface area contributed by atoms with E-state index >= 15 is 0 Å². The summed E-state index contributed by atoms with van der Waals surface area (Å²) in [6.45, 7) is 4.71. The van der Waals surface area contributed by atoms with Crippen LogP contribution in [0, 0.1) is 5.92 Å².